The fraction of sp³-hybridized carbons (Fsp3) is 0.929. The van der Waals surface area contributed by atoms with Gasteiger partial charge in [0.2, 0.25) is 5.91 Å². The summed E-state index contributed by atoms with van der Waals surface area (Å²) in [5.41, 5.74) is 5.19. The van der Waals surface area contributed by atoms with Crippen LogP contribution in [0.15, 0.2) is 0 Å². The van der Waals surface area contributed by atoms with Gasteiger partial charge in [-0.3, -0.25) is 4.79 Å². The van der Waals surface area contributed by atoms with E-state index in [1.165, 1.54) is 0 Å². The monoisotopic (exact) mass is 270 g/mol. The molecule has 1 spiro atoms. The van der Waals surface area contributed by atoms with Gasteiger partial charge in [0, 0.05) is 19.4 Å². The average molecular weight is 270 g/mol. The first-order valence-corrected chi connectivity index (χ1v) is 7.36. The van der Waals surface area contributed by atoms with Crippen molar-refractivity contribution in [3.8, 4) is 0 Å². The summed E-state index contributed by atoms with van der Waals surface area (Å²) in [7, 11) is 0. The van der Waals surface area contributed by atoms with Crippen LogP contribution in [0.2, 0.25) is 0 Å². The van der Waals surface area contributed by atoms with Gasteiger partial charge in [0.05, 0.1) is 12.1 Å². The minimum absolute atomic E-state index is 0.0422. The normalized spacial score (nSPS) is 28.5. The highest BCUT2D eigenvalue weighted by molar-refractivity contribution is 5.85. The number of carbonyl (C=O) groups is 1. The van der Waals surface area contributed by atoms with E-state index in [1.807, 2.05) is 6.92 Å². The highest BCUT2D eigenvalue weighted by atomic mass is 16.7. The number of carbonyl (C=O) groups excluding carboxylic acids is 1. The molecule has 5 nitrogen and oxygen atoms in total. The van der Waals surface area contributed by atoms with Gasteiger partial charge in [-0.15, -0.1) is 0 Å². The number of ether oxygens (including phenoxy) is 2. The fourth-order valence-electron chi connectivity index (χ4n) is 2.93. The first kappa shape index (κ1) is 14.8. The summed E-state index contributed by atoms with van der Waals surface area (Å²) < 4.78 is 11.7. The van der Waals surface area contributed by atoms with Gasteiger partial charge in [0.1, 0.15) is 6.10 Å². The summed E-state index contributed by atoms with van der Waals surface area (Å²) in [4.78, 5) is 12.0. The van der Waals surface area contributed by atoms with Gasteiger partial charge in [-0.1, -0.05) is 13.3 Å². The lowest BCUT2D eigenvalue weighted by Gasteiger charge is -2.24. The van der Waals surface area contributed by atoms with E-state index in [1.54, 1.807) is 6.92 Å². The molecule has 1 amide bonds. The minimum atomic E-state index is -0.792. The predicted octanol–water partition coefficient (Wildman–Crippen LogP) is 1.31. The zero-order chi connectivity index (χ0) is 13.9. The molecule has 0 aromatic heterocycles. The first-order valence-electron chi connectivity index (χ1n) is 7.36. The molecule has 2 rings (SSSR count). The molecule has 1 saturated heterocycles. The van der Waals surface area contributed by atoms with E-state index < -0.39 is 5.54 Å². The minimum Gasteiger partial charge on any atom is -0.352 e. The molecule has 2 fully saturated rings. The Labute approximate surface area is 115 Å². The van der Waals surface area contributed by atoms with Crippen LogP contribution in [0.3, 0.4) is 0 Å². The van der Waals surface area contributed by atoms with E-state index in [0.717, 1.165) is 32.1 Å². The van der Waals surface area contributed by atoms with Crippen LogP contribution >= 0.6 is 0 Å². The van der Waals surface area contributed by atoms with Crippen molar-refractivity contribution in [2.24, 2.45) is 5.73 Å². The van der Waals surface area contributed by atoms with Crippen molar-refractivity contribution in [3.05, 3.63) is 0 Å². The van der Waals surface area contributed by atoms with E-state index in [4.69, 9.17) is 15.2 Å². The Balaban J connectivity index is 1.76. The lowest BCUT2D eigenvalue weighted by Crippen LogP contribution is -2.53. The molecule has 2 atom stereocenters. The van der Waals surface area contributed by atoms with Gasteiger partial charge >= 0.3 is 0 Å². The number of amides is 1. The van der Waals surface area contributed by atoms with Crippen LogP contribution in [-0.2, 0) is 14.3 Å². The van der Waals surface area contributed by atoms with Crippen LogP contribution < -0.4 is 11.1 Å². The highest BCUT2D eigenvalue weighted by Gasteiger charge is 2.43. The number of hydrogen-bond donors (Lipinski definition) is 2. The Hall–Kier alpha value is -0.650. The van der Waals surface area contributed by atoms with E-state index >= 15 is 0 Å². The lowest BCUT2D eigenvalue weighted by atomic mass is 9.96. The third-order valence-corrected chi connectivity index (χ3v) is 4.06. The molecule has 19 heavy (non-hydrogen) atoms. The van der Waals surface area contributed by atoms with Gasteiger partial charge < -0.3 is 20.5 Å². The second-order valence-corrected chi connectivity index (χ2v) is 6.05. The van der Waals surface area contributed by atoms with E-state index in [0.29, 0.717) is 19.6 Å². The van der Waals surface area contributed by atoms with Crippen molar-refractivity contribution in [2.75, 3.05) is 13.2 Å². The summed E-state index contributed by atoms with van der Waals surface area (Å²) >= 11 is 0. The molecule has 0 bridgehead atoms. The van der Waals surface area contributed by atoms with Crippen molar-refractivity contribution in [2.45, 2.75) is 69.8 Å². The summed E-state index contributed by atoms with van der Waals surface area (Å²) in [5.74, 6) is -0.463. The Morgan fingerprint density at radius 1 is 1.47 bits per heavy atom. The fourth-order valence-corrected chi connectivity index (χ4v) is 2.93. The van der Waals surface area contributed by atoms with Crippen molar-refractivity contribution in [3.63, 3.8) is 0 Å². The molecule has 1 aliphatic carbocycles. The molecular weight excluding hydrogens is 244 g/mol. The second kappa shape index (κ2) is 5.77. The topological polar surface area (TPSA) is 73.6 Å². The maximum absolute atomic E-state index is 12.0. The van der Waals surface area contributed by atoms with Crippen LogP contribution in [-0.4, -0.2) is 36.5 Å². The van der Waals surface area contributed by atoms with Crippen LogP contribution in [0.4, 0.5) is 0 Å². The van der Waals surface area contributed by atoms with Gasteiger partial charge in [-0.05, 0) is 26.2 Å². The Kier molecular flexibility index (Phi) is 4.48. The molecule has 1 heterocycles. The number of nitrogens with two attached hydrogens (primary N) is 1. The largest absolute Gasteiger partial charge is 0.352 e. The van der Waals surface area contributed by atoms with E-state index in [-0.39, 0.29) is 17.8 Å². The van der Waals surface area contributed by atoms with Crippen molar-refractivity contribution < 1.29 is 14.3 Å². The maximum Gasteiger partial charge on any atom is 0.239 e. The number of hydrogen-bond acceptors (Lipinski definition) is 4. The Bertz CT molecular complexity index is 325. The lowest BCUT2D eigenvalue weighted by molar-refractivity contribution is -0.161. The molecule has 0 aromatic carbocycles. The zero-order valence-corrected chi connectivity index (χ0v) is 12.0. The summed E-state index contributed by atoms with van der Waals surface area (Å²) in [6.07, 6.45) is 5.81. The molecule has 3 N–H and O–H groups in total. The third kappa shape index (κ3) is 3.46. The zero-order valence-electron chi connectivity index (χ0n) is 12.0. The summed E-state index contributed by atoms with van der Waals surface area (Å²) in [6, 6.07) is 0. The molecule has 0 radical (unpaired) electrons. The quantitative estimate of drug-likeness (QED) is 0.790. The average Bonchev–Trinajstić information content (AvgIpc) is 2.97. The summed E-state index contributed by atoms with van der Waals surface area (Å²) in [6.45, 7) is 4.85. The van der Waals surface area contributed by atoms with Gasteiger partial charge in [0.25, 0.3) is 0 Å². The first-order chi connectivity index (χ1) is 8.97. The maximum atomic E-state index is 12.0. The molecule has 2 unspecified atom stereocenters. The van der Waals surface area contributed by atoms with Crippen LogP contribution in [0.25, 0.3) is 0 Å². The SMILES string of the molecule is CCCC(C)(N)C(=O)NCC1COC2(CCCC2)O1. The molecule has 1 aliphatic heterocycles. The molecule has 5 heteroatoms. The Morgan fingerprint density at radius 3 is 2.79 bits per heavy atom. The van der Waals surface area contributed by atoms with E-state index in [9.17, 15) is 4.79 Å². The Morgan fingerprint density at radius 2 is 2.16 bits per heavy atom. The molecule has 1 saturated carbocycles. The highest BCUT2D eigenvalue weighted by Crippen LogP contribution is 2.38. The van der Waals surface area contributed by atoms with Gasteiger partial charge in [-0.25, -0.2) is 0 Å². The van der Waals surface area contributed by atoms with Crippen LogP contribution in [0, 0.1) is 0 Å². The summed E-state index contributed by atoms with van der Waals surface area (Å²) in [5, 5.41) is 2.89. The van der Waals surface area contributed by atoms with Gasteiger partial charge in [0.15, 0.2) is 5.79 Å². The number of rotatable bonds is 5. The van der Waals surface area contributed by atoms with Crippen molar-refractivity contribution >= 4 is 5.91 Å². The predicted molar refractivity (Wildman–Crippen MR) is 72.5 cm³/mol. The van der Waals surface area contributed by atoms with Crippen molar-refractivity contribution in [1.29, 1.82) is 0 Å². The smallest absolute Gasteiger partial charge is 0.239 e. The molecule has 110 valence electrons. The standard InChI is InChI=1S/C14H26N2O3/c1-3-6-13(2,15)12(17)16-9-11-10-18-14(19-11)7-4-5-8-14/h11H,3-10,15H2,1-2H3,(H,16,17). The number of nitrogens with one attached hydrogen (secondary N) is 1. The van der Waals surface area contributed by atoms with Crippen molar-refractivity contribution in [1.82, 2.24) is 5.32 Å². The third-order valence-electron chi connectivity index (χ3n) is 4.06. The second-order valence-electron chi connectivity index (χ2n) is 6.05. The molecular formula is C14H26N2O3. The molecule has 0 aromatic rings. The van der Waals surface area contributed by atoms with Crippen LogP contribution in [0.1, 0.15) is 52.4 Å². The van der Waals surface area contributed by atoms with Crippen LogP contribution in [0.5, 0.6) is 0 Å². The molecule has 2 aliphatic rings. The van der Waals surface area contributed by atoms with E-state index in [2.05, 4.69) is 5.32 Å². The van der Waals surface area contributed by atoms with Gasteiger partial charge in [-0.2, -0.15) is 0 Å².